The van der Waals surface area contributed by atoms with E-state index in [9.17, 15) is 0 Å². The van der Waals surface area contributed by atoms with Crippen LogP contribution in [0.2, 0.25) is 0 Å². The maximum absolute atomic E-state index is 2.53. The van der Waals surface area contributed by atoms with Gasteiger partial charge in [0.1, 0.15) is 0 Å². The van der Waals surface area contributed by atoms with Crippen LogP contribution in [0.25, 0.3) is 110 Å². The fraction of sp³-hybridized carbons (Fsp3) is 0.138. The molecule has 0 heteroatoms. The Bertz CT molecular complexity index is 3660. The van der Waals surface area contributed by atoms with Gasteiger partial charge in [-0.2, -0.15) is 0 Å². The summed E-state index contributed by atoms with van der Waals surface area (Å²) in [5.41, 5.74) is 21.0. The third kappa shape index (κ3) is 5.83. The number of rotatable bonds is 4. The van der Waals surface area contributed by atoms with E-state index in [1.807, 2.05) is 13.8 Å². The van der Waals surface area contributed by atoms with Gasteiger partial charge in [0.2, 0.25) is 0 Å². The third-order valence-electron chi connectivity index (χ3n) is 14.8. The first-order valence-electron chi connectivity index (χ1n) is 23.1. The van der Waals surface area contributed by atoms with Gasteiger partial charge >= 0.3 is 0 Å². The molecule has 0 aromatic heterocycles. The van der Waals surface area contributed by atoms with E-state index in [0.29, 0.717) is 0 Å². The van der Waals surface area contributed by atoms with Crippen LogP contribution in [-0.2, 0) is 10.8 Å². The van der Waals surface area contributed by atoms with Crippen molar-refractivity contribution in [3.63, 3.8) is 0 Å². The molecule has 0 unspecified atom stereocenters. The molecule has 65 heavy (non-hydrogen) atoms. The fourth-order valence-electron chi connectivity index (χ4n) is 11.6. The summed E-state index contributed by atoms with van der Waals surface area (Å²) in [6.07, 6.45) is 0. The minimum Gasteiger partial charge on any atom is -0.0776 e. The summed E-state index contributed by atoms with van der Waals surface area (Å²) in [6, 6.07) is 73.5. The van der Waals surface area contributed by atoms with Crippen LogP contribution in [0.15, 0.2) is 194 Å². The van der Waals surface area contributed by atoms with Crippen LogP contribution in [0.5, 0.6) is 0 Å². The Balaban J connectivity index is 0.00000154. The Morgan fingerprint density at radius 1 is 0.262 bits per heavy atom. The first-order chi connectivity index (χ1) is 31.3. The molecule has 0 saturated carbocycles. The van der Waals surface area contributed by atoms with Crippen LogP contribution in [0, 0.1) is 0 Å². The maximum atomic E-state index is 2.53. The van der Waals surface area contributed by atoms with Gasteiger partial charge in [0.25, 0.3) is 0 Å². The summed E-state index contributed by atoms with van der Waals surface area (Å²) in [7, 11) is 0. The molecule has 0 heterocycles. The highest BCUT2D eigenvalue weighted by molar-refractivity contribution is 6.32. The summed E-state index contributed by atoms with van der Waals surface area (Å²) in [4.78, 5) is 0. The number of benzene rings is 11. The number of hydrogen-bond donors (Lipinski definition) is 0. The monoisotopic (exact) mass is 834 g/mol. The lowest BCUT2D eigenvalue weighted by Crippen LogP contribution is -2.17. The van der Waals surface area contributed by atoms with Crippen LogP contribution >= 0.6 is 0 Å². The van der Waals surface area contributed by atoms with Gasteiger partial charge in [-0.25, -0.2) is 0 Å². The van der Waals surface area contributed by atoms with Crippen LogP contribution in [0.1, 0.15) is 71.2 Å². The zero-order valence-corrected chi connectivity index (χ0v) is 37.5. The van der Waals surface area contributed by atoms with Crippen LogP contribution in [0.3, 0.4) is 0 Å². The van der Waals surface area contributed by atoms with Crippen molar-refractivity contribution in [1.29, 1.82) is 0 Å². The quantitative estimate of drug-likeness (QED) is 0.155. The highest BCUT2D eigenvalue weighted by Crippen LogP contribution is 2.57. The van der Waals surface area contributed by atoms with Crippen molar-refractivity contribution >= 4 is 43.1 Å². The molecule has 0 atom stereocenters. The van der Waals surface area contributed by atoms with Crippen molar-refractivity contribution < 1.29 is 0 Å². The summed E-state index contributed by atoms with van der Waals surface area (Å²) in [6.45, 7) is 13.6. The lowest BCUT2D eigenvalue weighted by molar-refractivity contribution is 0.652. The molecule has 11 aromatic carbocycles. The topological polar surface area (TPSA) is 0 Å². The van der Waals surface area contributed by atoms with Gasteiger partial charge in [-0.15, -0.1) is 0 Å². The van der Waals surface area contributed by atoms with E-state index in [-0.39, 0.29) is 18.3 Å². The Morgan fingerprint density at radius 3 is 1.22 bits per heavy atom. The van der Waals surface area contributed by atoms with E-state index in [1.165, 1.54) is 132 Å². The molecule has 0 spiro atoms. The fourth-order valence-corrected chi connectivity index (χ4v) is 11.6. The largest absolute Gasteiger partial charge is 0.0776 e. The van der Waals surface area contributed by atoms with Crippen LogP contribution in [0.4, 0.5) is 0 Å². The molecule has 11 aromatic rings. The molecule has 0 nitrogen and oxygen atoms in total. The normalized spacial score (nSPS) is 13.8. The molecule has 0 fully saturated rings. The molecule has 0 amide bonds. The smallest absolute Gasteiger partial charge is 0.0159 e. The minimum atomic E-state index is -0.164. The SMILES string of the molecule is C.CC.CC1(C)c2ccccc2-c2cc3c(cc21)-c1ccc(-c2cc(-c4ccccc4)c4ccc5c(-c6ccc7ccccc7c6)cc(-c6ccccc6)c6ccc2c4c65)cc1C3(C)C. The molecule has 0 N–H and O–H groups in total. The second-order valence-corrected chi connectivity index (χ2v) is 18.8. The second-order valence-electron chi connectivity index (χ2n) is 18.8. The number of fused-ring (bicyclic) bond motifs is 7. The summed E-state index contributed by atoms with van der Waals surface area (Å²) >= 11 is 0. The predicted molar refractivity (Wildman–Crippen MR) is 283 cm³/mol. The first-order valence-corrected chi connectivity index (χ1v) is 23.1. The van der Waals surface area contributed by atoms with Gasteiger partial charge in [0.15, 0.2) is 0 Å². The summed E-state index contributed by atoms with van der Waals surface area (Å²) < 4.78 is 0. The molecule has 314 valence electrons. The first kappa shape index (κ1) is 40.5. The molecular formula is C65H54. The molecule has 0 bridgehead atoms. The van der Waals surface area contributed by atoms with Gasteiger partial charge in [-0.1, -0.05) is 207 Å². The van der Waals surface area contributed by atoms with E-state index in [0.717, 1.165) is 0 Å². The number of hydrogen-bond acceptors (Lipinski definition) is 0. The maximum Gasteiger partial charge on any atom is 0.0159 e. The average molecular weight is 835 g/mol. The predicted octanol–water partition coefficient (Wildman–Crippen LogP) is 18.7. The Labute approximate surface area is 384 Å². The highest BCUT2D eigenvalue weighted by atomic mass is 14.4. The molecular weight excluding hydrogens is 781 g/mol. The standard InChI is InChI=1S/C62H44.C2H6.CH4/c1-61(2)55-22-14-13-21-43(55)53-35-58-54(36-57(53)61)44-26-25-42(32-56(44)62(58,3)4)52-34-50(39-18-9-6-10-19-39)46-27-29-47-51(41-24-23-37-15-11-12-20-40(37)31-41)33-49(38-16-7-5-8-17-38)45-28-30-48(52)60(46)59(45)47;1-2;/h5-36H,1-4H3;1-2H3;1H4. The second kappa shape index (κ2) is 14.9. The lowest BCUT2D eigenvalue weighted by Gasteiger charge is -2.24. The van der Waals surface area contributed by atoms with Gasteiger partial charge in [0.05, 0.1) is 0 Å². The van der Waals surface area contributed by atoms with Crippen molar-refractivity contribution in [3.05, 3.63) is 216 Å². The van der Waals surface area contributed by atoms with E-state index in [2.05, 4.69) is 222 Å². The molecule has 2 aliphatic rings. The van der Waals surface area contributed by atoms with E-state index in [4.69, 9.17) is 0 Å². The third-order valence-corrected chi connectivity index (χ3v) is 14.8. The van der Waals surface area contributed by atoms with Gasteiger partial charge < -0.3 is 0 Å². The zero-order chi connectivity index (χ0) is 43.5. The van der Waals surface area contributed by atoms with Crippen molar-refractivity contribution in [1.82, 2.24) is 0 Å². The van der Waals surface area contributed by atoms with Gasteiger partial charge in [-0.05, 0) is 169 Å². The Kier molecular flexibility index (Phi) is 9.28. The van der Waals surface area contributed by atoms with Gasteiger partial charge in [0, 0.05) is 10.8 Å². The van der Waals surface area contributed by atoms with Crippen LogP contribution in [-0.4, -0.2) is 0 Å². The zero-order valence-electron chi connectivity index (χ0n) is 37.5. The van der Waals surface area contributed by atoms with E-state index >= 15 is 0 Å². The lowest BCUT2D eigenvalue weighted by atomic mass is 9.78. The summed E-state index contributed by atoms with van der Waals surface area (Å²) in [5, 5.41) is 10.3. The molecule has 13 rings (SSSR count). The van der Waals surface area contributed by atoms with Crippen molar-refractivity contribution in [2.75, 3.05) is 0 Å². The molecule has 2 aliphatic carbocycles. The highest BCUT2D eigenvalue weighted by Gasteiger charge is 2.41. The van der Waals surface area contributed by atoms with Gasteiger partial charge in [-0.3, -0.25) is 0 Å². The Morgan fingerprint density at radius 2 is 0.662 bits per heavy atom. The molecule has 0 aliphatic heterocycles. The van der Waals surface area contributed by atoms with E-state index in [1.54, 1.807) is 0 Å². The van der Waals surface area contributed by atoms with Crippen molar-refractivity contribution in [2.24, 2.45) is 0 Å². The van der Waals surface area contributed by atoms with Crippen LogP contribution < -0.4 is 0 Å². The molecule has 0 radical (unpaired) electrons. The molecule has 0 saturated heterocycles. The van der Waals surface area contributed by atoms with Crippen molar-refractivity contribution in [3.8, 4) is 66.8 Å². The summed E-state index contributed by atoms with van der Waals surface area (Å²) in [5.74, 6) is 0. The Hall–Kier alpha value is -7.28. The average Bonchev–Trinajstić information content (AvgIpc) is 3.71. The minimum absolute atomic E-state index is 0. The van der Waals surface area contributed by atoms with E-state index < -0.39 is 0 Å². The van der Waals surface area contributed by atoms with Crippen molar-refractivity contribution in [2.45, 2.75) is 59.8 Å².